The minimum absolute atomic E-state index is 0.159. The average molecular weight is 334 g/mol. The van der Waals surface area contributed by atoms with Gasteiger partial charge in [0, 0.05) is 23.7 Å². The molecule has 4 rings (SSSR count). The molecule has 1 atom stereocenters. The second-order valence-corrected chi connectivity index (χ2v) is 6.88. The van der Waals surface area contributed by atoms with Gasteiger partial charge in [-0.05, 0) is 30.5 Å². The molecule has 0 bridgehead atoms. The van der Waals surface area contributed by atoms with Crippen LogP contribution in [0.2, 0.25) is 0 Å². The lowest BCUT2D eigenvalue weighted by Gasteiger charge is -2.46. The Kier molecular flexibility index (Phi) is 3.90. The number of amides is 1. The first kappa shape index (κ1) is 15.1. The van der Waals surface area contributed by atoms with E-state index in [1.807, 2.05) is 65.0 Å². The minimum Gasteiger partial charge on any atom is -0.296 e. The van der Waals surface area contributed by atoms with Gasteiger partial charge < -0.3 is 0 Å². The van der Waals surface area contributed by atoms with Crippen molar-refractivity contribution >= 4 is 22.9 Å². The number of hydrogen-bond acceptors (Lipinski definition) is 3. The molecule has 1 aliphatic heterocycles. The highest BCUT2D eigenvalue weighted by molar-refractivity contribution is 7.09. The summed E-state index contributed by atoms with van der Waals surface area (Å²) in [6.45, 7) is 0. The molecule has 1 aliphatic rings. The maximum Gasteiger partial charge on any atom is 0.228 e. The van der Waals surface area contributed by atoms with Gasteiger partial charge in [-0.1, -0.05) is 48.5 Å². The fourth-order valence-corrected chi connectivity index (χ4v) is 4.49. The minimum atomic E-state index is -0.522. The standard InChI is InChI=1S/C20H18N2OS/c23-18-12-7-13-20(19-21-14-15-24-19,16-8-3-1-4-9-16)22(18)17-10-5-2-6-11-17/h1-6,8-11,14-15H,7,12-13H2. The number of piperidine rings is 1. The van der Waals surface area contributed by atoms with Crippen LogP contribution in [0.5, 0.6) is 0 Å². The van der Waals surface area contributed by atoms with Gasteiger partial charge in [-0.15, -0.1) is 11.3 Å². The van der Waals surface area contributed by atoms with Crippen molar-refractivity contribution in [1.82, 2.24) is 4.98 Å². The molecule has 1 aromatic heterocycles. The Hall–Kier alpha value is -2.46. The number of carbonyl (C=O) groups is 1. The Morgan fingerprint density at radius 1 is 1.00 bits per heavy atom. The quantitative estimate of drug-likeness (QED) is 0.701. The topological polar surface area (TPSA) is 33.2 Å². The van der Waals surface area contributed by atoms with Crippen LogP contribution in [0.4, 0.5) is 5.69 Å². The van der Waals surface area contributed by atoms with Crippen LogP contribution in [0.1, 0.15) is 29.8 Å². The molecule has 24 heavy (non-hydrogen) atoms. The SMILES string of the molecule is O=C1CCCC(c2ccccc2)(c2nccs2)N1c1ccccc1. The second kappa shape index (κ2) is 6.21. The van der Waals surface area contributed by atoms with Crippen LogP contribution in [0.25, 0.3) is 0 Å². The van der Waals surface area contributed by atoms with Gasteiger partial charge in [0.25, 0.3) is 0 Å². The van der Waals surface area contributed by atoms with E-state index in [1.165, 1.54) is 0 Å². The highest BCUT2D eigenvalue weighted by Gasteiger charge is 2.47. The molecule has 0 saturated carbocycles. The summed E-state index contributed by atoms with van der Waals surface area (Å²) in [4.78, 5) is 19.6. The summed E-state index contributed by atoms with van der Waals surface area (Å²) in [5, 5.41) is 2.97. The van der Waals surface area contributed by atoms with Crippen molar-refractivity contribution in [3.05, 3.63) is 82.8 Å². The van der Waals surface area contributed by atoms with E-state index >= 15 is 0 Å². The fraction of sp³-hybridized carbons (Fsp3) is 0.200. The van der Waals surface area contributed by atoms with Gasteiger partial charge in [-0.25, -0.2) is 4.98 Å². The number of para-hydroxylation sites is 1. The zero-order valence-electron chi connectivity index (χ0n) is 13.3. The van der Waals surface area contributed by atoms with Crippen LogP contribution in [-0.2, 0) is 10.3 Å². The predicted octanol–water partition coefficient (Wildman–Crippen LogP) is 4.60. The first-order valence-corrected chi connectivity index (χ1v) is 9.04. The normalized spacial score (nSPS) is 21.0. The molecule has 1 saturated heterocycles. The van der Waals surface area contributed by atoms with Gasteiger partial charge in [0.15, 0.2) is 0 Å². The first-order chi connectivity index (χ1) is 11.8. The van der Waals surface area contributed by atoms with E-state index in [2.05, 4.69) is 17.1 Å². The van der Waals surface area contributed by atoms with Gasteiger partial charge in [0.1, 0.15) is 10.5 Å². The highest BCUT2D eigenvalue weighted by Crippen LogP contribution is 2.46. The highest BCUT2D eigenvalue weighted by atomic mass is 32.1. The van der Waals surface area contributed by atoms with E-state index in [9.17, 15) is 4.79 Å². The van der Waals surface area contributed by atoms with Crippen LogP contribution in [0.15, 0.2) is 72.2 Å². The number of nitrogens with zero attached hydrogens (tertiary/aromatic N) is 2. The first-order valence-electron chi connectivity index (χ1n) is 8.16. The maximum atomic E-state index is 13.0. The van der Waals surface area contributed by atoms with Crippen molar-refractivity contribution in [2.75, 3.05) is 4.90 Å². The van der Waals surface area contributed by atoms with Crippen molar-refractivity contribution in [3.8, 4) is 0 Å². The molecule has 2 aromatic carbocycles. The summed E-state index contributed by atoms with van der Waals surface area (Å²) >= 11 is 1.62. The maximum absolute atomic E-state index is 13.0. The second-order valence-electron chi connectivity index (χ2n) is 5.98. The van der Waals surface area contributed by atoms with Gasteiger partial charge in [-0.3, -0.25) is 9.69 Å². The van der Waals surface area contributed by atoms with Gasteiger partial charge in [0.2, 0.25) is 5.91 Å². The van der Waals surface area contributed by atoms with Crippen molar-refractivity contribution in [1.29, 1.82) is 0 Å². The monoisotopic (exact) mass is 334 g/mol. The van der Waals surface area contributed by atoms with Crippen molar-refractivity contribution in [2.24, 2.45) is 0 Å². The lowest BCUT2D eigenvalue weighted by molar-refractivity contribution is -0.121. The van der Waals surface area contributed by atoms with Crippen LogP contribution in [0.3, 0.4) is 0 Å². The smallest absolute Gasteiger partial charge is 0.228 e. The molecule has 4 heteroatoms. The number of thiazole rings is 1. The summed E-state index contributed by atoms with van der Waals surface area (Å²) in [6.07, 6.45) is 4.16. The largest absolute Gasteiger partial charge is 0.296 e. The number of benzene rings is 2. The molecule has 0 N–H and O–H groups in total. The van der Waals surface area contributed by atoms with Crippen molar-refractivity contribution in [3.63, 3.8) is 0 Å². The lowest BCUT2D eigenvalue weighted by atomic mass is 9.80. The van der Waals surface area contributed by atoms with E-state index in [1.54, 1.807) is 11.3 Å². The molecule has 0 radical (unpaired) electrons. The molecule has 1 amide bonds. The predicted molar refractivity (Wildman–Crippen MR) is 97.1 cm³/mol. The molecule has 0 aliphatic carbocycles. The molecule has 2 heterocycles. The molecule has 120 valence electrons. The van der Waals surface area contributed by atoms with Gasteiger partial charge in [-0.2, -0.15) is 0 Å². The zero-order valence-corrected chi connectivity index (χ0v) is 14.1. The van der Waals surface area contributed by atoms with Gasteiger partial charge >= 0.3 is 0 Å². The Balaban J connectivity index is 1.98. The molecule has 0 spiro atoms. The Morgan fingerprint density at radius 3 is 2.38 bits per heavy atom. The van der Waals surface area contributed by atoms with Crippen LogP contribution >= 0.6 is 11.3 Å². The number of anilines is 1. The van der Waals surface area contributed by atoms with Crippen molar-refractivity contribution in [2.45, 2.75) is 24.8 Å². The number of hydrogen-bond donors (Lipinski definition) is 0. The Morgan fingerprint density at radius 2 is 1.71 bits per heavy atom. The Labute approximate surface area is 145 Å². The van der Waals surface area contributed by atoms with E-state index in [-0.39, 0.29) is 5.91 Å². The summed E-state index contributed by atoms with van der Waals surface area (Å²) < 4.78 is 0. The average Bonchev–Trinajstić information content (AvgIpc) is 3.18. The van der Waals surface area contributed by atoms with E-state index in [0.29, 0.717) is 6.42 Å². The number of carbonyl (C=O) groups excluding carboxylic acids is 1. The van der Waals surface area contributed by atoms with Crippen LogP contribution < -0.4 is 4.90 Å². The van der Waals surface area contributed by atoms with E-state index in [4.69, 9.17) is 0 Å². The summed E-state index contributed by atoms with van der Waals surface area (Å²) in [5.74, 6) is 0.159. The Bertz CT molecular complexity index is 817. The zero-order chi connectivity index (χ0) is 16.4. The third-order valence-electron chi connectivity index (χ3n) is 4.61. The third-order valence-corrected chi connectivity index (χ3v) is 5.54. The summed E-state index contributed by atoms with van der Waals surface area (Å²) in [6, 6.07) is 20.3. The van der Waals surface area contributed by atoms with Gasteiger partial charge in [0.05, 0.1) is 0 Å². The molecule has 1 unspecified atom stereocenters. The summed E-state index contributed by atoms with van der Waals surface area (Å²) in [7, 11) is 0. The van der Waals surface area contributed by atoms with Crippen molar-refractivity contribution < 1.29 is 4.79 Å². The lowest BCUT2D eigenvalue weighted by Crippen LogP contribution is -2.53. The third kappa shape index (κ3) is 2.34. The molecular formula is C20H18N2OS. The fourth-order valence-electron chi connectivity index (χ4n) is 3.61. The van der Waals surface area contributed by atoms with E-state index in [0.717, 1.165) is 29.1 Å². The number of aromatic nitrogens is 1. The molecule has 3 aromatic rings. The molecular weight excluding hydrogens is 316 g/mol. The van der Waals surface area contributed by atoms with Crippen LogP contribution in [0, 0.1) is 0 Å². The molecule has 1 fully saturated rings. The number of rotatable bonds is 3. The molecule has 3 nitrogen and oxygen atoms in total. The van der Waals surface area contributed by atoms with E-state index < -0.39 is 5.54 Å². The summed E-state index contributed by atoms with van der Waals surface area (Å²) in [5.41, 5.74) is 1.53. The van der Waals surface area contributed by atoms with Crippen LogP contribution in [-0.4, -0.2) is 10.9 Å².